The summed E-state index contributed by atoms with van der Waals surface area (Å²) >= 11 is 0. The van der Waals surface area contributed by atoms with Crippen LogP contribution in [0.5, 0.6) is 5.75 Å². The Labute approximate surface area is 102 Å². The normalized spacial score (nSPS) is 14.4. The van der Waals surface area contributed by atoms with Crippen molar-refractivity contribution in [3.63, 3.8) is 0 Å². The third-order valence-corrected chi connectivity index (χ3v) is 3.38. The van der Waals surface area contributed by atoms with Crippen LogP contribution in [0.4, 0.5) is 5.69 Å². The number of hydrogen-bond donors (Lipinski definition) is 0. The zero-order valence-corrected chi connectivity index (χ0v) is 10.5. The zero-order valence-electron chi connectivity index (χ0n) is 10.5. The standard InChI is InChI=1S/C14H19NO2/c1-15-9-3-6-12-13(15)8-7-11(5-4-10-16)14(12)17-2/h7-8,10H,3-6,9H2,1-2H3. The lowest BCUT2D eigenvalue weighted by Crippen LogP contribution is -2.25. The lowest BCUT2D eigenvalue weighted by Gasteiger charge is -2.29. The van der Waals surface area contributed by atoms with Crippen molar-refractivity contribution in [1.29, 1.82) is 0 Å². The van der Waals surface area contributed by atoms with Crippen LogP contribution in [-0.4, -0.2) is 27.0 Å². The van der Waals surface area contributed by atoms with Crippen LogP contribution in [0.15, 0.2) is 12.1 Å². The van der Waals surface area contributed by atoms with Gasteiger partial charge in [-0.1, -0.05) is 6.07 Å². The van der Waals surface area contributed by atoms with E-state index in [0.717, 1.165) is 43.4 Å². The van der Waals surface area contributed by atoms with Gasteiger partial charge < -0.3 is 14.4 Å². The molecule has 1 aromatic carbocycles. The predicted octanol–water partition coefficient (Wildman–Crippen LogP) is 2.21. The van der Waals surface area contributed by atoms with E-state index in [0.29, 0.717) is 6.42 Å². The highest BCUT2D eigenvalue weighted by Gasteiger charge is 2.19. The summed E-state index contributed by atoms with van der Waals surface area (Å²) in [7, 11) is 3.83. The average Bonchev–Trinajstić information content (AvgIpc) is 2.36. The van der Waals surface area contributed by atoms with Crippen LogP contribution in [-0.2, 0) is 17.6 Å². The molecule has 2 rings (SSSR count). The van der Waals surface area contributed by atoms with Crippen molar-refractivity contribution < 1.29 is 9.53 Å². The van der Waals surface area contributed by atoms with Gasteiger partial charge in [0.15, 0.2) is 0 Å². The van der Waals surface area contributed by atoms with Crippen molar-refractivity contribution in [3.05, 3.63) is 23.3 Å². The fraction of sp³-hybridized carbons (Fsp3) is 0.500. The van der Waals surface area contributed by atoms with Crippen molar-refractivity contribution in [1.82, 2.24) is 0 Å². The lowest BCUT2D eigenvalue weighted by molar-refractivity contribution is -0.107. The quantitative estimate of drug-likeness (QED) is 0.747. The number of rotatable bonds is 4. The largest absolute Gasteiger partial charge is 0.496 e. The highest BCUT2D eigenvalue weighted by atomic mass is 16.5. The number of benzene rings is 1. The Balaban J connectivity index is 2.40. The third kappa shape index (κ3) is 2.28. The second kappa shape index (κ2) is 5.21. The molecule has 92 valence electrons. The molecule has 0 aliphatic carbocycles. The van der Waals surface area contributed by atoms with Crippen LogP contribution >= 0.6 is 0 Å². The van der Waals surface area contributed by atoms with Crippen molar-refractivity contribution >= 4 is 12.0 Å². The Morgan fingerprint density at radius 1 is 1.47 bits per heavy atom. The predicted molar refractivity (Wildman–Crippen MR) is 69.0 cm³/mol. The van der Waals surface area contributed by atoms with Crippen molar-refractivity contribution in [3.8, 4) is 5.75 Å². The third-order valence-electron chi connectivity index (χ3n) is 3.38. The van der Waals surface area contributed by atoms with E-state index in [1.807, 2.05) is 0 Å². The lowest BCUT2D eigenvalue weighted by atomic mass is 9.96. The Hall–Kier alpha value is -1.51. The topological polar surface area (TPSA) is 29.5 Å². The van der Waals surface area contributed by atoms with Gasteiger partial charge in [0, 0.05) is 31.3 Å². The van der Waals surface area contributed by atoms with Crippen LogP contribution in [0.25, 0.3) is 0 Å². The van der Waals surface area contributed by atoms with Gasteiger partial charge in [0.1, 0.15) is 12.0 Å². The Morgan fingerprint density at radius 2 is 2.29 bits per heavy atom. The van der Waals surface area contributed by atoms with Gasteiger partial charge in [0.2, 0.25) is 0 Å². The van der Waals surface area contributed by atoms with Gasteiger partial charge in [-0.3, -0.25) is 0 Å². The Kier molecular flexibility index (Phi) is 3.67. The van der Waals surface area contributed by atoms with Crippen molar-refractivity contribution in [2.75, 3.05) is 25.6 Å². The first-order valence-electron chi connectivity index (χ1n) is 6.11. The molecule has 0 amide bonds. The molecule has 0 bridgehead atoms. The molecule has 0 radical (unpaired) electrons. The molecule has 0 aromatic heterocycles. The summed E-state index contributed by atoms with van der Waals surface area (Å²) in [5.74, 6) is 0.982. The van der Waals surface area contributed by atoms with E-state index >= 15 is 0 Å². The zero-order chi connectivity index (χ0) is 12.3. The van der Waals surface area contributed by atoms with E-state index < -0.39 is 0 Å². The van der Waals surface area contributed by atoms with E-state index in [9.17, 15) is 4.79 Å². The van der Waals surface area contributed by atoms with Gasteiger partial charge in [-0.2, -0.15) is 0 Å². The smallest absolute Gasteiger partial charge is 0.127 e. The second-order valence-corrected chi connectivity index (χ2v) is 4.49. The molecule has 1 aromatic rings. The molecule has 3 nitrogen and oxygen atoms in total. The first kappa shape index (κ1) is 12.0. The first-order valence-corrected chi connectivity index (χ1v) is 6.11. The fourth-order valence-electron chi connectivity index (χ4n) is 2.54. The fourth-order valence-corrected chi connectivity index (χ4v) is 2.54. The SMILES string of the molecule is COc1c(CCC=O)ccc2c1CCCN2C. The first-order chi connectivity index (χ1) is 8.27. The summed E-state index contributed by atoms with van der Waals surface area (Å²) in [4.78, 5) is 12.7. The number of aryl methyl sites for hydroxylation is 1. The molecular weight excluding hydrogens is 214 g/mol. The van der Waals surface area contributed by atoms with E-state index in [-0.39, 0.29) is 0 Å². The Morgan fingerprint density at radius 3 is 3.00 bits per heavy atom. The van der Waals surface area contributed by atoms with Gasteiger partial charge in [-0.15, -0.1) is 0 Å². The highest BCUT2D eigenvalue weighted by molar-refractivity contribution is 5.63. The molecule has 0 N–H and O–H groups in total. The summed E-state index contributed by atoms with van der Waals surface area (Å²) in [6.45, 7) is 1.10. The summed E-state index contributed by atoms with van der Waals surface area (Å²) in [6, 6.07) is 4.24. The molecule has 0 unspecified atom stereocenters. The maximum atomic E-state index is 10.5. The molecule has 0 spiro atoms. The van der Waals surface area contributed by atoms with Crippen LogP contribution < -0.4 is 9.64 Å². The number of carbonyl (C=O) groups excluding carboxylic acids is 1. The number of fused-ring (bicyclic) bond motifs is 1. The maximum absolute atomic E-state index is 10.5. The molecule has 1 aliphatic heterocycles. The number of aldehydes is 1. The highest BCUT2D eigenvalue weighted by Crippen LogP contribution is 2.36. The number of ether oxygens (including phenoxy) is 1. The average molecular weight is 233 g/mol. The van der Waals surface area contributed by atoms with Gasteiger partial charge in [-0.05, 0) is 30.9 Å². The molecule has 0 atom stereocenters. The van der Waals surface area contributed by atoms with Crippen molar-refractivity contribution in [2.45, 2.75) is 25.7 Å². The second-order valence-electron chi connectivity index (χ2n) is 4.49. The molecular formula is C14H19NO2. The number of carbonyl (C=O) groups is 1. The van der Waals surface area contributed by atoms with E-state index in [2.05, 4.69) is 24.1 Å². The summed E-state index contributed by atoms with van der Waals surface area (Å²) in [5.41, 5.74) is 3.71. The van der Waals surface area contributed by atoms with Crippen LogP contribution in [0.2, 0.25) is 0 Å². The molecule has 0 fully saturated rings. The summed E-state index contributed by atoms with van der Waals surface area (Å²) < 4.78 is 5.55. The van der Waals surface area contributed by atoms with Crippen molar-refractivity contribution in [2.24, 2.45) is 0 Å². The summed E-state index contributed by atoms with van der Waals surface area (Å²) in [5, 5.41) is 0. The minimum absolute atomic E-state index is 0.561. The minimum Gasteiger partial charge on any atom is -0.496 e. The van der Waals surface area contributed by atoms with Gasteiger partial charge in [0.25, 0.3) is 0 Å². The molecule has 1 aliphatic rings. The Bertz CT molecular complexity index is 415. The molecule has 3 heteroatoms. The summed E-state index contributed by atoms with van der Waals surface area (Å²) in [6.07, 6.45) is 4.52. The van der Waals surface area contributed by atoms with Gasteiger partial charge in [-0.25, -0.2) is 0 Å². The van der Waals surface area contributed by atoms with Crippen LogP contribution in [0.3, 0.4) is 0 Å². The number of nitrogens with zero attached hydrogens (tertiary/aromatic N) is 1. The molecule has 1 heterocycles. The maximum Gasteiger partial charge on any atom is 0.127 e. The molecule has 17 heavy (non-hydrogen) atoms. The minimum atomic E-state index is 0.561. The monoisotopic (exact) mass is 233 g/mol. The van der Waals surface area contributed by atoms with E-state index in [1.165, 1.54) is 11.3 Å². The molecule has 0 saturated heterocycles. The van der Waals surface area contributed by atoms with E-state index in [4.69, 9.17) is 4.74 Å². The number of methoxy groups -OCH3 is 1. The van der Waals surface area contributed by atoms with Gasteiger partial charge in [0.05, 0.1) is 7.11 Å². The number of hydrogen-bond acceptors (Lipinski definition) is 3. The van der Waals surface area contributed by atoms with Crippen LogP contribution in [0.1, 0.15) is 24.0 Å². The van der Waals surface area contributed by atoms with E-state index in [1.54, 1.807) is 7.11 Å². The number of anilines is 1. The van der Waals surface area contributed by atoms with Crippen LogP contribution in [0, 0.1) is 0 Å². The molecule has 0 saturated carbocycles. The van der Waals surface area contributed by atoms with Gasteiger partial charge >= 0.3 is 0 Å².